The van der Waals surface area contributed by atoms with Gasteiger partial charge in [-0.15, -0.1) is 0 Å². The van der Waals surface area contributed by atoms with Crippen molar-refractivity contribution in [3.63, 3.8) is 0 Å². The van der Waals surface area contributed by atoms with Crippen LogP contribution in [-0.2, 0) is 9.53 Å². The maximum atomic E-state index is 11.5. The molecule has 0 aromatic rings. The molecule has 14 heavy (non-hydrogen) atoms. The van der Waals surface area contributed by atoms with Crippen LogP contribution < -0.4 is 10.6 Å². The Morgan fingerprint density at radius 3 is 3.00 bits per heavy atom. The van der Waals surface area contributed by atoms with Gasteiger partial charge in [-0.2, -0.15) is 0 Å². The molecule has 1 heterocycles. The van der Waals surface area contributed by atoms with E-state index >= 15 is 0 Å². The van der Waals surface area contributed by atoms with E-state index in [0.717, 1.165) is 0 Å². The molecule has 0 radical (unpaired) electrons. The molecule has 1 aliphatic heterocycles. The minimum Gasteiger partial charge on any atom is -0.466 e. The summed E-state index contributed by atoms with van der Waals surface area (Å²) in [4.78, 5) is 22.5. The zero-order valence-electron chi connectivity index (χ0n) is 8.50. The van der Waals surface area contributed by atoms with Crippen molar-refractivity contribution >= 4 is 12.0 Å². The van der Waals surface area contributed by atoms with Gasteiger partial charge in [0.25, 0.3) is 0 Å². The molecule has 0 saturated carbocycles. The van der Waals surface area contributed by atoms with Crippen molar-refractivity contribution in [2.75, 3.05) is 13.2 Å². The van der Waals surface area contributed by atoms with Crippen LogP contribution in [0.25, 0.3) is 0 Å². The lowest BCUT2D eigenvalue weighted by Gasteiger charge is -2.18. The summed E-state index contributed by atoms with van der Waals surface area (Å²) in [5.74, 6) is -0.474. The highest BCUT2D eigenvalue weighted by Gasteiger charge is 2.29. The zero-order chi connectivity index (χ0) is 10.6. The molecule has 5 heteroatoms. The number of hydrogen-bond acceptors (Lipinski definition) is 3. The van der Waals surface area contributed by atoms with E-state index in [1.54, 1.807) is 6.92 Å². The Labute approximate surface area is 83.2 Å². The van der Waals surface area contributed by atoms with Crippen molar-refractivity contribution < 1.29 is 14.3 Å². The molecule has 5 nitrogen and oxygen atoms in total. The van der Waals surface area contributed by atoms with Crippen LogP contribution in [0.15, 0.2) is 0 Å². The van der Waals surface area contributed by atoms with Crippen LogP contribution in [-0.4, -0.2) is 31.2 Å². The maximum Gasteiger partial charge on any atom is 0.315 e. The predicted octanol–water partition coefficient (Wildman–Crippen LogP) is 0.257. The Hall–Kier alpha value is -1.26. The Morgan fingerprint density at radius 1 is 1.64 bits per heavy atom. The van der Waals surface area contributed by atoms with E-state index in [-0.39, 0.29) is 24.0 Å². The highest BCUT2D eigenvalue weighted by Crippen LogP contribution is 2.12. The fourth-order valence-electron chi connectivity index (χ4n) is 1.52. The van der Waals surface area contributed by atoms with Gasteiger partial charge in [0.05, 0.1) is 12.5 Å². The molecule has 1 fully saturated rings. The third-order valence-electron chi connectivity index (χ3n) is 2.29. The van der Waals surface area contributed by atoms with E-state index < -0.39 is 0 Å². The first-order chi connectivity index (χ1) is 6.65. The number of rotatable bonds is 2. The Kier molecular flexibility index (Phi) is 3.73. The molecule has 0 aromatic heterocycles. The fourth-order valence-corrected chi connectivity index (χ4v) is 1.52. The topological polar surface area (TPSA) is 67.4 Å². The van der Waals surface area contributed by atoms with Gasteiger partial charge in [-0.1, -0.05) is 0 Å². The largest absolute Gasteiger partial charge is 0.466 e. The number of esters is 1. The van der Waals surface area contributed by atoms with Crippen LogP contribution in [0.1, 0.15) is 20.3 Å². The van der Waals surface area contributed by atoms with Gasteiger partial charge < -0.3 is 15.4 Å². The standard InChI is InChI=1S/C9H16N2O3/c1-3-14-8(12)7-4-5-10-9(13)11-6(7)2/h6-7H,3-5H2,1-2H3,(H2,10,11,13). The summed E-state index contributed by atoms with van der Waals surface area (Å²) >= 11 is 0. The van der Waals surface area contributed by atoms with E-state index in [4.69, 9.17) is 4.74 Å². The third-order valence-corrected chi connectivity index (χ3v) is 2.29. The molecule has 2 unspecified atom stereocenters. The summed E-state index contributed by atoms with van der Waals surface area (Å²) in [6.45, 7) is 4.48. The van der Waals surface area contributed by atoms with Gasteiger partial charge in [0.15, 0.2) is 0 Å². The van der Waals surface area contributed by atoms with Crippen molar-refractivity contribution in [1.29, 1.82) is 0 Å². The first-order valence-electron chi connectivity index (χ1n) is 4.86. The molecule has 2 amide bonds. The Morgan fingerprint density at radius 2 is 2.36 bits per heavy atom. The van der Waals surface area contributed by atoms with Crippen LogP contribution >= 0.6 is 0 Å². The van der Waals surface area contributed by atoms with Crippen molar-refractivity contribution in [3.05, 3.63) is 0 Å². The van der Waals surface area contributed by atoms with Crippen molar-refractivity contribution in [3.8, 4) is 0 Å². The smallest absolute Gasteiger partial charge is 0.315 e. The summed E-state index contributed by atoms with van der Waals surface area (Å²) < 4.78 is 4.92. The molecule has 1 aliphatic rings. The lowest BCUT2D eigenvalue weighted by Crippen LogP contribution is -2.41. The van der Waals surface area contributed by atoms with Gasteiger partial charge in [-0.25, -0.2) is 4.79 Å². The number of ether oxygens (including phenoxy) is 1. The van der Waals surface area contributed by atoms with E-state index in [9.17, 15) is 9.59 Å². The predicted molar refractivity (Wildman–Crippen MR) is 50.7 cm³/mol. The molecular formula is C9H16N2O3. The molecule has 2 N–H and O–H groups in total. The summed E-state index contributed by atoms with van der Waals surface area (Å²) in [6.07, 6.45) is 0.624. The van der Waals surface area contributed by atoms with Crippen LogP contribution in [0.5, 0.6) is 0 Å². The highest BCUT2D eigenvalue weighted by atomic mass is 16.5. The quantitative estimate of drug-likeness (QED) is 0.628. The highest BCUT2D eigenvalue weighted by molar-refractivity contribution is 5.78. The third kappa shape index (κ3) is 2.61. The van der Waals surface area contributed by atoms with Crippen molar-refractivity contribution in [2.45, 2.75) is 26.3 Å². The SMILES string of the molecule is CCOC(=O)C1CCNC(=O)NC1C. The second kappa shape index (κ2) is 4.83. The average Bonchev–Trinajstić information content (AvgIpc) is 2.27. The zero-order valence-corrected chi connectivity index (χ0v) is 8.50. The summed E-state index contributed by atoms with van der Waals surface area (Å²) in [5.41, 5.74) is 0. The first-order valence-corrected chi connectivity index (χ1v) is 4.86. The molecule has 0 bridgehead atoms. The van der Waals surface area contributed by atoms with Gasteiger partial charge in [0, 0.05) is 12.6 Å². The van der Waals surface area contributed by atoms with E-state index in [1.165, 1.54) is 0 Å². The normalized spacial score (nSPS) is 27.1. The monoisotopic (exact) mass is 200 g/mol. The van der Waals surface area contributed by atoms with Crippen LogP contribution in [0.2, 0.25) is 0 Å². The van der Waals surface area contributed by atoms with Crippen molar-refractivity contribution in [1.82, 2.24) is 10.6 Å². The van der Waals surface area contributed by atoms with Gasteiger partial charge >= 0.3 is 12.0 Å². The van der Waals surface area contributed by atoms with Gasteiger partial charge in [0.1, 0.15) is 0 Å². The van der Waals surface area contributed by atoms with Crippen LogP contribution in [0, 0.1) is 5.92 Å². The number of amides is 2. The Balaban J connectivity index is 2.58. The minimum absolute atomic E-state index is 0.170. The second-order valence-electron chi connectivity index (χ2n) is 3.34. The number of urea groups is 1. The number of hydrogen-bond donors (Lipinski definition) is 2. The van der Waals surface area contributed by atoms with Gasteiger partial charge in [-0.05, 0) is 20.3 Å². The van der Waals surface area contributed by atoms with Crippen LogP contribution in [0.4, 0.5) is 4.79 Å². The molecule has 80 valence electrons. The second-order valence-corrected chi connectivity index (χ2v) is 3.34. The lowest BCUT2D eigenvalue weighted by molar-refractivity contribution is -0.148. The fraction of sp³-hybridized carbons (Fsp3) is 0.778. The van der Waals surface area contributed by atoms with Crippen molar-refractivity contribution in [2.24, 2.45) is 5.92 Å². The molecule has 0 aliphatic carbocycles. The van der Waals surface area contributed by atoms with E-state index in [1.807, 2.05) is 6.92 Å². The molecule has 0 spiro atoms. The summed E-state index contributed by atoms with van der Waals surface area (Å²) in [5, 5.41) is 5.32. The van der Waals surface area contributed by atoms with E-state index in [2.05, 4.69) is 10.6 Å². The van der Waals surface area contributed by atoms with E-state index in [0.29, 0.717) is 19.6 Å². The lowest BCUT2D eigenvalue weighted by atomic mass is 9.98. The number of carbonyl (C=O) groups is 2. The maximum absolute atomic E-state index is 11.5. The van der Waals surface area contributed by atoms with Gasteiger partial charge in [0.2, 0.25) is 0 Å². The molecule has 2 atom stereocenters. The average molecular weight is 200 g/mol. The minimum atomic E-state index is -0.242. The molecule has 0 aromatic carbocycles. The first kappa shape index (κ1) is 10.8. The molecule has 1 rings (SSSR count). The van der Waals surface area contributed by atoms with Gasteiger partial charge in [-0.3, -0.25) is 4.79 Å². The molecule has 1 saturated heterocycles. The number of nitrogens with one attached hydrogen (secondary N) is 2. The Bertz CT molecular complexity index is 230. The number of carbonyl (C=O) groups excluding carboxylic acids is 2. The van der Waals surface area contributed by atoms with Crippen LogP contribution in [0.3, 0.4) is 0 Å². The summed E-state index contributed by atoms with van der Waals surface area (Å²) in [6, 6.07) is -0.388. The summed E-state index contributed by atoms with van der Waals surface area (Å²) in [7, 11) is 0. The molecular weight excluding hydrogens is 184 g/mol.